The molecule has 1 fully saturated rings. The van der Waals surface area contributed by atoms with E-state index in [1.165, 1.54) is 0 Å². The molecular formula is C12H15ClN4O. The molecule has 3 heterocycles. The van der Waals surface area contributed by atoms with Gasteiger partial charge < -0.3 is 4.74 Å². The maximum Gasteiger partial charge on any atom is 0.157 e. The third-order valence-electron chi connectivity index (χ3n) is 3.10. The molecule has 0 bridgehead atoms. The highest BCUT2D eigenvalue weighted by atomic mass is 35.5. The molecule has 0 unspecified atom stereocenters. The quantitative estimate of drug-likeness (QED) is 0.839. The zero-order valence-electron chi connectivity index (χ0n) is 10.0. The average Bonchev–Trinajstić information content (AvgIpc) is 2.79. The van der Waals surface area contributed by atoms with Gasteiger partial charge in [-0.25, -0.2) is 9.50 Å². The number of ether oxygens (including phenoxy) is 1. The molecule has 6 heteroatoms. The Morgan fingerprint density at radius 2 is 2.17 bits per heavy atom. The molecule has 1 aliphatic heterocycles. The molecule has 1 saturated heterocycles. The van der Waals surface area contributed by atoms with Gasteiger partial charge in [-0.3, -0.25) is 4.90 Å². The Morgan fingerprint density at radius 1 is 1.33 bits per heavy atom. The Bertz CT molecular complexity index is 536. The summed E-state index contributed by atoms with van der Waals surface area (Å²) in [6.07, 6.45) is 2.70. The van der Waals surface area contributed by atoms with Gasteiger partial charge in [-0.15, -0.1) is 0 Å². The SMILES string of the molecule is Clc1ccn2nc(CCN3CCOCC3)nc2c1. The van der Waals surface area contributed by atoms with Crippen molar-refractivity contribution in [3.05, 3.63) is 29.2 Å². The van der Waals surface area contributed by atoms with Crippen molar-refractivity contribution in [2.75, 3.05) is 32.8 Å². The highest BCUT2D eigenvalue weighted by Crippen LogP contribution is 2.11. The van der Waals surface area contributed by atoms with E-state index in [1.807, 2.05) is 18.3 Å². The summed E-state index contributed by atoms with van der Waals surface area (Å²) < 4.78 is 7.09. The van der Waals surface area contributed by atoms with Crippen molar-refractivity contribution >= 4 is 17.2 Å². The van der Waals surface area contributed by atoms with E-state index in [1.54, 1.807) is 4.52 Å². The smallest absolute Gasteiger partial charge is 0.157 e. The van der Waals surface area contributed by atoms with Gasteiger partial charge in [0.05, 0.1) is 13.2 Å². The second kappa shape index (κ2) is 5.22. The first-order valence-electron chi connectivity index (χ1n) is 6.12. The number of aromatic nitrogens is 3. The van der Waals surface area contributed by atoms with Crippen LogP contribution in [0, 0.1) is 0 Å². The molecule has 0 aromatic carbocycles. The lowest BCUT2D eigenvalue weighted by Gasteiger charge is -2.25. The van der Waals surface area contributed by atoms with Crippen LogP contribution in [0.3, 0.4) is 0 Å². The molecule has 0 N–H and O–H groups in total. The number of pyridine rings is 1. The molecule has 0 aliphatic carbocycles. The van der Waals surface area contributed by atoms with E-state index >= 15 is 0 Å². The van der Waals surface area contributed by atoms with Crippen LogP contribution in [0.25, 0.3) is 5.65 Å². The summed E-state index contributed by atoms with van der Waals surface area (Å²) in [7, 11) is 0. The summed E-state index contributed by atoms with van der Waals surface area (Å²) in [5.41, 5.74) is 0.805. The fourth-order valence-corrected chi connectivity index (χ4v) is 2.25. The predicted octanol–water partition coefficient (Wildman–Crippen LogP) is 1.26. The van der Waals surface area contributed by atoms with E-state index in [2.05, 4.69) is 15.0 Å². The maximum atomic E-state index is 5.92. The van der Waals surface area contributed by atoms with Crippen LogP contribution in [-0.2, 0) is 11.2 Å². The Morgan fingerprint density at radius 3 is 3.00 bits per heavy atom. The summed E-state index contributed by atoms with van der Waals surface area (Å²) in [6, 6.07) is 3.64. The van der Waals surface area contributed by atoms with Gasteiger partial charge in [-0.1, -0.05) is 11.6 Å². The molecule has 3 rings (SSSR count). The van der Waals surface area contributed by atoms with Gasteiger partial charge in [0.25, 0.3) is 0 Å². The first-order valence-corrected chi connectivity index (χ1v) is 6.50. The van der Waals surface area contributed by atoms with Crippen LogP contribution in [0.2, 0.25) is 5.02 Å². The van der Waals surface area contributed by atoms with E-state index in [4.69, 9.17) is 16.3 Å². The summed E-state index contributed by atoms with van der Waals surface area (Å²) in [5, 5.41) is 5.12. The minimum atomic E-state index is 0.689. The fourth-order valence-electron chi connectivity index (χ4n) is 2.09. The Hall–Kier alpha value is -1.17. The third-order valence-corrected chi connectivity index (χ3v) is 3.33. The molecule has 0 radical (unpaired) electrons. The van der Waals surface area contributed by atoms with Gasteiger partial charge in [0.15, 0.2) is 11.5 Å². The van der Waals surface area contributed by atoms with E-state index < -0.39 is 0 Å². The second-order valence-electron chi connectivity index (χ2n) is 4.38. The molecule has 0 atom stereocenters. The zero-order valence-corrected chi connectivity index (χ0v) is 10.8. The number of halogens is 1. The number of hydrogen-bond acceptors (Lipinski definition) is 4. The third kappa shape index (κ3) is 2.63. The van der Waals surface area contributed by atoms with E-state index in [0.717, 1.165) is 50.7 Å². The van der Waals surface area contributed by atoms with Crippen LogP contribution in [0.5, 0.6) is 0 Å². The maximum absolute atomic E-state index is 5.92. The Kier molecular flexibility index (Phi) is 3.45. The number of nitrogens with zero attached hydrogens (tertiary/aromatic N) is 4. The van der Waals surface area contributed by atoms with Crippen molar-refractivity contribution in [3.63, 3.8) is 0 Å². The summed E-state index contributed by atoms with van der Waals surface area (Å²) in [4.78, 5) is 6.84. The van der Waals surface area contributed by atoms with Crippen molar-refractivity contribution in [3.8, 4) is 0 Å². The Balaban J connectivity index is 1.67. The highest BCUT2D eigenvalue weighted by Gasteiger charge is 2.11. The predicted molar refractivity (Wildman–Crippen MR) is 69.0 cm³/mol. The second-order valence-corrected chi connectivity index (χ2v) is 4.82. The minimum absolute atomic E-state index is 0.689. The first-order chi connectivity index (χ1) is 8.81. The van der Waals surface area contributed by atoms with Gasteiger partial charge in [-0.2, -0.15) is 5.10 Å². The van der Waals surface area contributed by atoms with E-state index in [-0.39, 0.29) is 0 Å². The molecule has 0 saturated carbocycles. The monoisotopic (exact) mass is 266 g/mol. The molecule has 96 valence electrons. The van der Waals surface area contributed by atoms with Crippen LogP contribution in [0.15, 0.2) is 18.3 Å². The number of hydrogen-bond donors (Lipinski definition) is 0. The van der Waals surface area contributed by atoms with Crippen molar-refractivity contribution < 1.29 is 4.74 Å². The highest BCUT2D eigenvalue weighted by molar-refractivity contribution is 6.30. The number of fused-ring (bicyclic) bond motifs is 1. The summed E-state index contributed by atoms with van der Waals surface area (Å²) in [5.74, 6) is 0.865. The average molecular weight is 267 g/mol. The van der Waals surface area contributed by atoms with Gasteiger partial charge in [0.1, 0.15) is 0 Å². The zero-order chi connectivity index (χ0) is 12.4. The van der Waals surface area contributed by atoms with Crippen LogP contribution < -0.4 is 0 Å². The molecule has 2 aromatic rings. The van der Waals surface area contributed by atoms with Crippen molar-refractivity contribution in [2.45, 2.75) is 6.42 Å². The van der Waals surface area contributed by atoms with E-state index in [0.29, 0.717) is 5.02 Å². The van der Waals surface area contributed by atoms with Crippen molar-refractivity contribution in [1.29, 1.82) is 0 Å². The lowest BCUT2D eigenvalue weighted by atomic mass is 10.3. The van der Waals surface area contributed by atoms with Crippen LogP contribution >= 0.6 is 11.6 Å². The van der Waals surface area contributed by atoms with Gasteiger partial charge >= 0.3 is 0 Å². The topological polar surface area (TPSA) is 42.7 Å². The number of morpholine rings is 1. The van der Waals surface area contributed by atoms with Crippen LogP contribution in [0.4, 0.5) is 0 Å². The standard InChI is InChI=1S/C12H15ClN4O/c13-10-1-4-17-12(9-10)14-11(15-17)2-3-16-5-7-18-8-6-16/h1,4,9H,2-3,5-8H2. The molecular weight excluding hydrogens is 252 g/mol. The van der Waals surface area contributed by atoms with Crippen molar-refractivity contribution in [2.24, 2.45) is 0 Å². The van der Waals surface area contributed by atoms with Crippen LogP contribution in [-0.4, -0.2) is 52.3 Å². The molecule has 5 nitrogen and oxygen atoms in total. The lowest BCUT2D eigenvalue weighted by Crippen LogP contribution is -2.37. The van der Waals surface area contributed by atoms with Gasteiger partial charge in [-0.05, 0) is 6.07 Å². The fraction of sp³-hybridized carbons (Fsp3) is 0.500. The first kappa shape index (κ1) is 11.9. The lowest BCUT2D eigenvalue weighted by molar-refractivity contribution is 0.0382. The number of rotatable bonds is 3. The van der Waals surface area contributed by atoms with Crippen LogP contribution in [0.1, 0.15) is 5.82 Å². The largest absolute Gasteiger partial charge is 0.379 e. The summed E-state index contributed by atoms with van der Waals surface area (Å²) >= 11 is 5.92. The normalized spacial score (nSPS) is 17.4. The molecule has 18 heavy (non-hydrogen) atoms. The molecule has 1 aliphatic rings. The summed E-state index contributed by atoms with van der Waals surface area (Å²) in [6.45, 7) is 4.63. The van der Waals surface area contributed by atoms with Gasteiger partial charge in [0.2, 0.25) is 0 Å². The van der Waals surface area contributed by atoms with Crippen molar-refractivity contribution in [1.82, 2.24) is 19.5 Å². The van der Waals surface area contributed by atoms with E-state index in [9.17, 15) is 0 Å². The molecule has 0 amide bonds. The van der Waals surface area contributed by atoms with Gasteiger partial charge in [0, 0.05) is 43.3 Å². The Labute approximate surface area is 110 Å². The minimum Gasteiger partial charge on any atom is -0.379 e. The molecule has 0 spiro atoms. The molecule has 2 aromatic heterocycles.